The zero-order valence-electron chi connectivity index (χ0n) is 9.24. The van der Waals surface area contributed by atoms with Gasteiger partial charge in [0, 0.05) is 0 Å². The number of quaternary nitrogens is 1. The van der Waals surface area contributed by atoms with Gasteiger partial charge in [-0.1, -0.05) is 0 Å². The van der Waals surface area contributed by atoms with Crippen LogP contribution in [0.15, 0.2) is 0 Å². The summed E-state index contributed by atoms with van der Waals surface area (Å²) in [4.78, 5) is 46.8. The van der Waals surface area contributed by atoms with Crippen molar-refractivity contribution in [1.82, 2.24) is 0 Å². The van der Waals surface area contributed by atoms with Crippen LogP contribution in [-0.4, -0.2) is 69.9 Å². The van der Waals surface area contributed by atoms with Crippen LogP contribution in [0.5, 0.6) is 0 Å². The van der Waals surface area contributed by atoms with Gasteiger partial charge in [0.05, 0.1) is 0 Å². The summed E-state index contributed by atoms with van der Waals surface area (Å²) < 4.78 is -1.02. The molecule has 0 unspecified atom stereocenters. The van der Waals surface area contributed by atoms with E-state index in [-0.39, 0.29) is 0 Å². The molecule has 0 heterocycles. The number of aliphatic carboxylic acids is 3. The van der Waals surface area contributed by atoms with E-state index in [1.807, 2.05) is 0 Å². The van der Waals surface area contributed by atoms with E-state index in [9.17, 15) is 19.2 Å². The molecule has 0 amide bonds. The fourth-order valence-electron chi connectivity index (χ4n) is 1.51. The predicted molar refractivity (Wildman–Crippen MR) is 52.9 cm³/mol. The van der Waals surface area contributed by atoms with Gasteiger partial charge in [-0.15, -0.1) is 0 Å². The van der Waals surface area contributed by atoms with Crippen LogP contribution in [0.1, 0.15) is 0 Å². The third-order valence-electron chi connectivity index (χ3n) is 2.01. The second-order valence-electron chi connectivity index (χ2n) is 3.65. The summed E-state index contributed by atoms with van der Waals surface area (Å²) in [7, 11) is 0. The summed E-state index contributed by atoms with van der Waals surface area (Å²) in [5.74, 6) is -0.855. The number of carbonyl (C=O) groups excluding carboxylic acids is 1. The van der Waals surface area contributed by atoms with Gasteiger partial charge in [0.15, 0.2) is 26.2 Å². The van der Waals surface area contributed by atoms with Crippen molar-refractivity contribution in [2.75, 3.05) is 26.2 Å². The summed E-state index contributed by atoms with van der Waals surface area (Å²) >= 11 is 0. The van der Waals surface area contributed by atoms with Crippen LogP contribution in [0.25, 0.3) is 0 Å². The largest absolute Gasteiger partial charge is 0.477 e. The summed E-state index contributed by atoms with van der Waals surface area (Å²) in [6, 6.07) is 0. The van der Waals surface area contributed by atoms with Gasteiger partial charge in [0.25, 0.3) is 0 Å². The third kappa shape index (κ3) is 5.77. The first-order valence-corrected chi connectivity index (χ1v) is 4.61. The minimum absolute atomic E-state index is 0.763. The Balaban J connectivity index is 5.21. The fraction of sp³-hybridized carbons (Fsp3) is 0.500. The van der Waals surface area contributed by atoms with Gasteiger partial charge in [-0.05, 0) is 0 Å². The molecule has 102 valence electrons. The van der Waals surface area contributed by atoms with Crippen LogP contribution in [0.4, 0.5) is 0 Å². The van der Waals surface area contributed by atoms with Gasteiger partial charge in [-0.25, -0.2) is 19.2 Å². The van der Waals surface area contributed by atoms with Gasteiger partial charge >= 0.3 is 23.9 Å². The average molecular weight is 265 g/mol. The van der Waals surface area contributed by atoms with Crippen LogP contribution < -0.4 is 5.90 Å². The van der Waals surface area contributed by atoms with E-state index in [1.165, 1.54) is 0 Å². The summed E-state index contributed by atoms with van der Waals surface area (Å²) in [6.45, 7) is -3.32. The Morgan fingerprint density at radius 3 is 1.39 bits per heavy atom. The van der Waals surface area contributed by atoms with Crippen molar-refractivity contribution in [3.63, 3.8) is 0 Å². The Bertz CT molecular complexity index is 325. The highest BCUT2D eigenvalue weighted by molar-refractivity contribution is 5.75. The molecule has 0 atom stereocenters. The molecule has 10 nitrogen and oxygen atoms in total. The summed E-state index contributed by atoms with van der Waals surface area (Å²) in [5.41, 5.74) is 0. The van der Waals surface area contributed by atoms with Crippen LogP contribution >= 0.6 is 0 Å². The van der Waals surface area contributed by atoms with Crippen LogP contribution in [0.2, 0.25) is 0 Å². The highest BCUT2D eigenvalue weighted by atomic mass is 16.7. The second kappa shape index (κ2) is 6.51. The SMILES string of the molecule is NOC(=O)C[N+](CC(=O)O)(CC(=O)O)CC(=O)O. The van der Waals surface area contributed by atoms with Crippen LogP contribution in [0.3, 0.4) is 0 Å². The summed E-state index contributed by atoms with van der Waals surface area (Å²) in [6.07, 6.45) is 0. The molecular weight excluding hydrogens is 252 g/mol. The molecule has 0 saturated carbocycles. The van der Waals surface area contributed by atoms with Gasteiger partial charge in [-0.2, -0.15) is 5.90 Å². The molecule has 0 aromatic rings. The Morgan fingerprint density at radius 1 is 0.833 bits per heavy atom. The maximum Gasteiger partial charge on any atom is 0.380 e. The van der Waals surface area contributed by atoms with Crippen LogP contribution in [0, 0.1) is 0 Å². The highest BCUT2D eigenvalue weighted by Gasteiger charge is 2.38. The van der Waals surface area contributed by atoms with E-state index in [0.717, 1.165) is 0 Å². The molecule has 0 aromatic heterocycles. The molecular formula is C8H13N2O8+. The van der Waals surface area contributed by atoms with E-state index in [1.54, 1.807) is 0 Å². The standard InChI is InChI=1S/C8H12N2O8/c9-18-8(17)4-10(1-5(11)12,2-6(13)14)3-7(15)16/h1-4,9H2,(H2-,11,12,13,14,15,16)/p+1. The first kappa shape index (κ1) is 15.8. The number of nitrogens with two attached hydrogens (primary N) is 1. The van der Waals surface area contributed by atoms with Crippen molar-refractivity contribution < 1.29 is 43.8 Å². The van der Waals surface area contributed by atoms with Crippen molar-refractivity contribution >= 4 is 23.9 Å². The lowest BCUT2D eigenvalue weighted by Gasteiger charge is -2.32. The first-order chi connectivity index (χ1) is 8.20. The molecule has 0 bridgehead atoms. The highest BCUT2D eigenvalue weighted by Crippen LogP contribution is 2.07. The number of carboxylic acid groups (broad SMARTS) is 3. The monoisotopic (exact) mass is 265 g/mol. The molecule has 0 spiro atoms. The lowest BCUT2D eigenvalue weighted by molar-refractivity contribution is -0.900. The molecule has 0 aliphatic carbocycles. The van der Waals surface area contributed by atoms with Gasteiger partial charge in [0.1, 0.15) is 0 Å². The van der Waals surface area contributed by atoms with Gasteiger partial charge < -0.3 is 20.2 Å². The molecule has 0 rings (SSSR count). The smallest absolute Gasteiger partial charge is 0.380 e. The third-order valence-corrected chi connectivity index (χ3v) is 2.01. The number of hydrogen-bond donors (Lipinski definition) is 4. The first-order valence-electron chi connectivity index (χ1n) is 4.61. The minimum Gasteiger partial charge on any atom is -0.477 e. The maximum absolute atomic E-state index is 11.0. The maximum atomic E-state index is 11.0. The number of carbonyl (C=O) groups is 4. The van der Waals surface area contributed by atoms with E-state index in [4.69, 9.17) is 15.3 Å². The zero-order valence-corrected chi connectivity index (χ0v) is 9.24. The van der Waals surface area contributed by atoms with E-state index < -0.39 is 54.5 Å². The molecule has 0 aliphatic rings. The van der Waals surface area contributed by atoms with Crippen molar-refractivity contribution in [2.24, 2.45) is 5.90 Å². The fourth-order valence-corrected chi connectivity index (χ4v) is 1.51. The number of rotatable bonds is 8. The van der Waals surface area contributed by atoms with Crippen molar-refractivity contribution in [3.05, 3.63) is 0 Å². The quantitative estimate of drug-likeness (QED) is 0.273. The van der Waals surface area contributed by atoms with Crippen LogP contribution in [-0.2, 0) is 24.0 Å². The van der Waals surface area contributed by atoms with E-state index in [2.05, 4.69) is 10.7 Å². The number of hydrogen-bond acceptors (Lipinski definition) is 6. The lowest BCUT2D eigenvalue weighted by atomic mass is 10.3. The topological polar surface area (TPSA) is 164 Å². The molecule has 0 aliphatic heterocycles. The number of nitrogens with zero attached hydrogens (tertiary/aromatic N) is 1. The Labute approximate surface area is 101 Å². The average Bonchev–Trinajstić information content (AvgIpc) is 2.12. The molecule has 0 saturated heterocycles. The number of carboxylic acids is 3. The Morgan fingerprint density at radius 2 is 1.17 bits per heavy atom. The molecule has 10 heteroatoms. The lowest BCUT2D eigenvalue weighted by Crippen LogP contribution is -2.59. The van der Waals surface area contributed by atoms with E-state index >= 15 is 0 Å². The Kier molecular flexibility index (Phi) is 5.72. The zero-order chi connectivity index (χ0) is 14.3. The van der Waals surface area contributed by atoms with Gasteiger partial charge in [-0.3, -0.25) is 4.48 Å². The molecule has 0 fully saturated rings. The van der Waals surface area contributed by atoms with Crippen molar-refractivity contribution in [3.8, 4) is 0 Å². The van der Waals surface area contributed by atoms with Crippen molar-refractivity contribution in [1.29, 1.82) is 0 Å². The normalized spacial score (nSPS) is 10.7. The minimum atomic E-state index is -1.44. The van der Waals surface area contributed by atoms with Gasteiger partial charge in [0.2, 0.25) is 0 Å². The Hall–Kier alpha value is -2.20. The summed E-state index contributed by atoms with van der Waals surface area (Å²) in [5, 5.41) is 26.0. The predicted octanol–water partition coefficient (Wildman–Crippen LogP) is -2.53. The molecule has 0 radical (unpaired) electrons. The second-order valence-corrected chi connectivity index (χ2v) is 3.65. The molecule has 5 N–H and O–H groups in total. The molecule has 0 aromatic carbocycles. The van der Waals surface area contributed by atoms with E-state index in [0.29, 0.717) is 0 Å². The van der Waals surface area contributed by atoms with Crippen molar-refractivity contribution in [2.45, 2.75) is 0 Å². The molecule has 18 heavy (non-hydrogen) atoms.